The number of aromatic hydroxyl groups is 1. The van der Waals surface area contributed by atoms with Crippen molar-refractivity contribution in [2.45, 2.75) is 13.3 Å². The molecule has 0 saturated carbocycles. The number of aromatic carboxylic acids is 1. The summed E-state index contributed by atoms with van der Waals surface area (Å²) in [6.07, 6.45) is 0.786. The Bertz CT molecular complexity index is 431. The van der Waals surface area contributed by atoms with Crippen molar-refractivity contribution in [3.05, 3.63) is 23.8 Å². The number of carbonyl (C=O) groups is 2. The fraction of sp³-hybridized carbons (Fsp3) is 0.273. The molecule has 0 spiro atoms. The standard InChI is InChI=1S/C11H14N2O4/c1-2-5-12-11(17)13-9-4-3-7(14)6-8(9)10(15)16/h3-4,6,14H,2,5H2,1H3,(H,15,16)(H2,12,13,17). The van der Waals surface area contributed by atoms with Crippen LogP contribution in [0.25, 0.3) is 0 Å². The predicted octanol–water partition coefficient (Wildman–Crippen LogP) is 1.62. The predicted molar refractivity (Wildman–Crippen MR) is 62.4 cm³/mol. The second kappa shape index (κ2) is 5.74. The van der Waals surface area contributed by atoms with Crippen molar-refractivity contribution in [1.82, 2.24) is 5.32 Å². The van der Waals surface area contributed by atoms with Crippen LogP contribution < -0.4 is 10.6 Å². The molecule has 6 nitrogen and oxygen atoms in total. The smallest absolute Gasteiger partial charge is 0.337 e. The Morgan fingerprint density at radius 1 is 1.35 bits per heavy atom. The average molecular weight is 238 g/mol. The minimum atomic E-state index is -1.22. The van der Waals surface area contributed by atoms with Crippen LogP contribution in [0, 0.1) is 0 Å². The SMILES string of the molecule is CCCNC(=O)Nc1ccc(O)cc1C(=O)O. The first kappa shape index (κ1) is 12.8. The zero-order valence-electron chi connectivity index (χ0n) is 9.36. The number of phenols is 1. The number of carboxylic acid groups (broad SMARTS) is 1. The van der Waals surface area contributed by atoms with Gasteiger partial charge in [-0.2, -0.15) is 0 Å². The highest BCUT2D eigenvalue weighted by atomic mass is 16.4. The highest BCUT2D eigenvalue weighted by Crippen LogP contribution is 2.21. The molecular formula is C11H14N2O4. The van der Waals surface area contributed by atoms with Gasteiger partial charge in [0.25, 0.3) is 0 Å². The minimum Gasteiger partial charge on any atom is -0.508 e. The van der Waals surface area contributed by atoms with E-state index in [-0.39, 0.29) is 17.0 Å². The Kier molecular flexibility index (Phi) is 4.33. The van der Waals surface area contributed by atoms with Gasteiger partial charge in [0.1, 0.15) is 5.75 Å². The number of carbonyl (C=O) groups excluding carboxylic acids is 1. The van der Waals surface area contributed by atoms with Crippen LogP contribution in [0.15, 0.2) is 18.2 Å². The van der Waals surface area contributed by atoms with Gasteiger partial charge >= 0.3 is 12.0 Å². The lowest BCUT2D eigenvalue weighted by Crippen LogP contribution is -2.29. The lowest BCUT2D eigenvalue weighted by atomic mass is 10.1. The Morgan fingerprint density at radius 2 is 2.06 bits per heavy atom. The van der Waals surface area contributed by atoms with Gasteiger partial charge in [0.05, 0.1) is 11.3 Å². The molecule has 0 aliphatic carbocycles. The maximum Gasteiger partial charge on any atom is 0.337 e. The summed E-state index contributed by atoms with van der Waals surface area (Å²) in [5.74, 6) is -1.38. The van der Waals surface area contributed by atoms with Crippen LogP contribution in [0.3, 0.4) is 0 Å². The zero-order chi connectivity index (χ0) is 12.8. The molecule has 1 rings (SSSR count). The maximum atomic E-state index is 11.4. The molecule has 6 heteroatoms. The Labute approximate surface area is 98.3 Å². The van der Waals surface area contributed by atoms with E-state index in [0.29, 0.717) is 6.54 Å². The summed E-state index contributed by atoms with van der Waals surface area (Å²) in [7, 11) is 0. The third kappa shape index (κ3) is 3.67. The lowest BCUT2D eigenvalue weighted by Gasteiger charge is -2.09. The van der Waals surface area contributed by atoms with Crippen LogP contribution in [-0.4, -0.2) is 28.8 Å². The summed E-state index contributed by atoms with van der Waals surface area (Å²) < 4.78 is 0. The van der Waals surface area contributed by atoms with Crippen LogP contribution in [0.5, 0.6) is 5.75 Å². The molecule has 92 valence electrons. The topological polar surface area (TPSA) is 98.7 Å². The third-order valence-corrected chi connectivity index (χ3v) is 2.02. The van der Waals surface area contributed by atoms with E-state index in [9.17, 15) is 14.7 Å². The van der Waals surface area contributed by atoms with Crippen molar-refractivity contribution in [2.75, 3.05) is 11.9 Å². The van der Waals surface area contributed by atoms with Crippen molar-refractivity contribution in [2.24, 2.45) is 0 Å². The summed E-state index contributed by atoms with van der Waals surface area (Å²) >= 11 is 0. The number of amides is 2. The zero-order valence-corrected chi connectivity index (χ0v) is 9.36. The van der Waals surface area contributed by atoms with Crippen molar-refractivity contribution in [1.29, 1.82) is 0 Å². The fourth-order valence-electron chi connectivity index (χ4n) is 1.22. The van der Waals surface area contributed by atoms with Crippen molar-refractivity contribution < 1.29 is 19.8 Å². The third-order valence-electron chi connectivity index (χ3n) is 2.02. The average Bonchev–Trinajstić information content (AvgIpc) is 2.28. The molecule has 0 unspecified atom stereocenters. The van der Waals surface area contributed by atoms with E-state index < -0.39 is 12.0 Å². The van der Waals surface area contributed by atoms with Gasteiger partial charge in [-0.25, -0.2) is 9.59 Å². The lowest BCUT2D eigenvalue weighted by molar-refractivity contribution is 0.0697. The summed E-state index contributed by atoms with van der Waals surface area (Å²) in [5, 5.41) is 23.0. The van der Waals surface area contributed by atoms with Gasteiger partial charge in [-0.3, -0.25) is 0 Å². The van der Waals surface area contributed by atoms with Crippen molar-refractivity contribution >= 4 is 17.7 Å². The van der Waals surface area contributed by atoms with Gasteiger partial charge in [0.2, 0.25) is 0 Å². The molecule has 0 aliphatic rings. The van der Waals surface area contributed by atoms with Crippen LogP contribution in [0.1, 0.15) is 23.7 Å². The van der Waals surface area contributed by atoms with E-state index in [1.165, 1.54) is 12.1 Å². The first-order valence-electron chi connectivity index (χ1n) is 5.15. The van der Waals surface area contributed by atoms with Gasteiger partial charge < -0.3 is 20.8 Å². The molecule has 0 bridgehead atoms. The maximum absolute atomic E-state index is 11.4. The molecule has 0 saturated heterocycles. The van der Waals surface area contributed by atoms with Crippen LogP contribution in [0.2, 0.25) is 0 Å². The molecule has 0 heterocycles. The molecule has 0 aromatic heterocycles. The highest BCUT2D eigenvalue weighted by Gasteiger charge is 2.12. The number of urea groups is 1. The van der Waals surface area contributed by atoms with Crippen LogP contribution >= 0.6 is 0 Å². The fourth-order valence-corrected chi connectivity index (χ4v) is 1.22. The number of nitrogens with one attached hydrogen (secondary N) is 2. The number of rotatable bonds is 4. The highest BCUT2D eigenvalue weighted by molar-refractivity contribution is 6.00. The molecule has 0 atom stereocenters. The molecule has 1 aromatic rings. The molecule has 2 amide bonds. The summed E-state index contributed by atoms with van der Waals surface area (Å²) in [5.41, 5.74) is -0.0134. The Balaban J connectivity index is 2.83. The van der Waals surface area contributed by atoms with Gasteiger partial charge in [0, 0.05) is 6.54 Å². The Morgan fingerprint density at radius 3 is 2.65 bits per heavy atom. The monoisotopic (exact) mass is 238 g/mol. The largest absolute Gasteiger partial charge is 0.508 e. The molecular weight excluding hydrogens is 224 g/mol. The molecule has 17 heavy (non-hydrogen) atoms. The van der Waals surface area contributed by atoms with Gasteiger partial charge in [0.15, 0.2) is 0 Å². The van der Waals surface area contributed by atoms with Gasteiger partial charge in [-0.1, -0.05) is 6.92 Å². The number of hydrogen-bond donors (Lipinski definition) is 4. The molecule has 0 fully saturated rings. The number of anilines is 1. The second-order valence-electron chi connectivity index (χ2n) is 3.42. The Hall–Kier alpha value is -2.24. The minimum absolute atomic E-state index is 0.143. The molecule has 1 aromatic carbocycles. The normalized spacial score (nSPS) is 9.71. The van der Waals surface area contributed by atoms with Crippen LogP contribution in [-0.2, 0) is 0 Å². The number of carboxylic acids is 1. The summed E-state index contributed by atoms with van der Waals surface area (Å²) in [4.78, 5) is 22.2. The molecule has 4 N–H and O–H groups in total. The van der Waals surface area contributed by atoms with E-state index in [0.717, 1.165) is 12.5 Å². The van der Waals surface area contributed by atoms with E-state index in [4.69, 9.17) is 5.11 Å². The molecule has 0 aliphatic heterocycles. The van der Waals surface area contributed by atoms with E-state index in [1.807, 2.05) is 6.92 Å². The van der Waals surface area contributed by atoms with Crippen LogP contribution in [0.4, 0.5) is 10.5 Å². The van der Waals surface area contributed by atoms with Gasteiger partial charge in [-0.05, 0) is 24.6 Å². The van der Waals surface area contributed by atoms with E-state index in [1.54, 1.807) is 0 Å². The number of benzene rings is 1. The summed E-state index contributed by atoms with van der Waals surface area (Å²) in [6.45, 7) is 2.41. The van der Waals surface area contributed by atoms with Crippen molar-refractivity contribution in [3.63, 3.8) is 0 Å². The van der Waals surface area contributed by atoms with Gasteiger partial charge in [-0.15, -0.1) is 0 Å². The second-order valence-corrected chi connectivity index (χ2v) is 3.42. The molecule has 0 radical (unpaired) electrons. The van der Waals surface area contributed by atoms with Crippen molar-refractivity contribution in [3.8, 4) is 5.75 Å². The van der Waals surface area contributed by atoms with E-state index in [2.05, 4.69) is 10.6 Å². The summed E-state index contributed by atoms with van der Waals surface area (Å²) in [6, 6.07) is 3.25. The first-order chi connectivity index (χ1) is 8.04. The van der Waals surface area contributed by atoms with E-state index >= 15 is 0 Å². The number of hydrogen-bond acceptors (Lipinski definition) is 3. The number of phenolic OH excluding ortho intramolecular Hbond substituents is 1. The first-order valence-corrected chi connectivity index (χ1v) is 5.15. The quantitative estimate of drug-likeness (QED) is 0.599.